The maximum atomic E-state index is 11.5. The number of carboxylic acids is 1. The molecule has 0 aliphatic heterocycles. The van der Waals surface area contributed by atoms with Crippen LogP contribution in [0.25, 0.3) is 5.57 Å². The summed E-state index contributed by atoms with van der Waals surface area (Å²) in [6.45, 7) is 1.88. The summed E-state index contributed by atoms with van der Waals surface area (Å²) in [6.07, 6.45) is 3.02. The number of pyridine rings is 1. The molecule has 1 unspecified atom stereocenters. The Morgan fingerprint density at radius 2 is 2.31 bits per heavy atom. The number of aromatic amines is 1. The summed E-state index contributed by atoms with van der Waals surface area (Å²) in [5.74, 6) is 0.0316. The van der Waals surface area contributed by atoms with Crippen molar-refractivity contribution in [2.24, 2.45) is 0 Å². The molecule has 3 N–H and O–H groups in total. The Bertz CT molecular complexity index is 912. The first-order valence-corrected chi connectivity index (χ1v) is 8.15. The standard InChI is InChI=1S/C18H19N5O3/c1-11-9-15(23-22-11)21-16-13(10-19)3-4-14(20-16)12-5-7-18(26-2,8-6-12)17(24)25/h3-5,9H,6-8H2,1-2H3,(H,24,25)(H2,20,21,22,23). The lowest BCUT2D eigenvalue weighted by molar-refractivity contribution is -0.163. The fourth-order valence-corrected chi connectivity index (χ4v) is 2.96. The van der Waals surface area contributed by atoms with Crippen molar-refractivity contribution < 1.29 is 14.6 Å². The largest absolute Gasteiger partial charge is 0.479 e. The minimum absolute atomic E-state index is 0.275. The van der Waals surface area contributed by atoms with Crippen LogP contribution in [0.3, 0.4) is 0 Å². The SMILES string of the molecule is COC1(C(=O)O)CC=C(c2ccc(C#N)c(Nc3cc(C)[nH]n3)n2)CC1. The van der Waals surface area contributed by atoms with Crippen LogP contribution >= 0.6 is 0 Å². The van der Waals surface area contributed by atoms with Crippen molar-refractivity contribution in [3.8, 4) is 6.07 Å². The Kier molecular flexibility index (Phi) is 4.73. The molecule has 1 atom stereocenters. The summed E-state index contributed by atoms with van der Waals surface area (Å²) in [6, 6.07) is 7.39. The highest BCUT2D eigenvalue weighted by Crippen LogP contribution is 2.35. The van der Waals surface area contributed by atoms with Gasteiger partial charge in [0.2, 0.25) is 0 Å². The molecule has 1 aliphatic rings. The van der Waals surface area contributed by atoms with Crippen LogP contribution in [0.1, 0.15) is 36.2 Å². The number of aliphatic carboxylic acids is 1. The van der Waals surface area contributed by atoms with E-state index in [2.05, 4.69) is 26.6 Å². The molecule has 0 saturated heterocycles. The van der Waals surface area contributed by atoms with Gasteiger partial charge in [-0.05, 0) is 37.5 Å². The minimum atomic E-state index is -1.18. The summed E-state index contributed by atoms with van der Waals surface area (Å²) in [4.78, 5) is 16.0. The number of rotatable bonds is 5. The fourth-order valence-electron chi connectivity index (χ4n) is 2.96. The molecule has 0 bridgehead atoms. The number of carbonyl (C=O) groups is 1. The zero-order chi connectivity index (χ0) is 18.7. The number of aryl methyl sites for hydroxylation is 1. The molecule has 1 aliphatic carbocycles. The van der Waals surface area contributed by atoms with E-state index >= 15 is 0 Å². The maximum Gasteiger partial charge on any atom is 0.336 e. The second-order valence-electron chi connectivity index (χ2n) is 6.20. The molecule has 0 spiro atoms. The van der Waals surface area contributed by atoms with Crippen LogP contribution in [0.2, 0.25) is 0 Å². The van der Waals surface area contributed by atoms with Gasteiger partial charge in [-0.2, -0.15) is 10.4 Å². The maximum absolute atomic E-state index is 11.5. The van der Waals surface area contributed by atoms with Crippen LogP contribution < -0.4 is 5.32 Å². The molecule has 3 rings (SSSR count). The van der Waals surface area contributed by atoms with Gasteiger partial charge in [0.25, 0.3) is 0 Å². The Morgan fingerprint density at radius 1 is 1.50 bits per heavy atom. The average Bonchev–Trinajstić information content (AvgIpc) is 3.06. The van der Waals surface area contributed by atoms with E-state index in [9.17, 15) is 15.2 Å². The van der Waals surface area contributed by atoms with Crippen LogP contribution in [0.15, 0.2) is 24.3 Å². The minimum Gasteiger partial charge on any atom is -0.479 e. The lowest BCUT2D eigenvalue weighted by Crippen LogP contribution is -2.41. The van der Waals surface area contributed by atoms with Gasteiger partial charge in [-0.25, -0.2) is 9.78 Å². The van der Waals surface area contributed by atoms with Crippen LogP contribution in [0.4, 0.5) is 11.6 Å². The number of allylic oxidation sites excluding steroid dienone is 1. The van der Waals surface area contributed by atoms with Gasteiger partial charge in [0, 0.05) is 25.3 Å². The van der Waals surface area contributed by atoms with Crippen molar-refractivity contribution in [2.75, 3.05) is 12.4 Å². The molecule has 0 aromatic carbocycles. The second kappa shape index (κ2) is 6.98. The van der Waals surface area contributed by atoms with E-state index in [0.29, 0.717) is 35.7 Å². The molecule has 2 heterocycles. The van der Waals surface area contributed by atoms with Crippen molar-refractivity contribution >= 4 is 23.2 Å². The smallest absolute Gasteiger partial charge is 0.336 e. The number of methoxy groups -OCH3 is 1. The molecular formula is C18H19N5O3. The normalized spacial score (nSPS) is 19.5. The van der Waals surface area contributed by atoms with E-state index in [1.807, 2.05) is 19.1 Å². The molecule has 8 heteroatoms. The topological polar surface area (TPSA) is 124 Å². The molecule has 26 heavy (non-hydrogen) atoms. The Labute approximate surface area is 150 Å². The molecule has 0 amide bonds. The highest BCUT2D eigenvalue weighted by Gasteiger charge is 2.40. The van der Waals surface area contributed by atoms with Gasteiger partial charge in [0.05, 0.1) is 11.3 Å². The number of anilines is 2. The molecule has 8 nitrogen and oxygen atoms in total. The van der Waals surface area contributed by atoms with E-state index in [1.54, 1.807) is 12.1 Å². The molecule has 134 valence electrons. The van der Waals surface area contributed by atoms with Gasteiger partial charge < -0.3 is 15.2 Å². The number of aromatic nitrogens is 3. The summed E-state index contributed by atoms with van der Waals surface area (Å²) in [7, 11) is 1.42. The van der Waals surface area contributed by atoms with E-state index in [4.69, 9.17) is 4.74 Å². The van der Waals surface area contributed by atoms with Gasteiger partial charge in [0.1, 0.15) is 11.9 Å². The number of hydrogen-bond donors (Lipinski definition) is 3. The summed E-state index contributed by atoms with van der Waals surface area (Å²) in [5, 5.41) is 28.7. The van der Waals surface area contributed by atoms with Crippen LogP contribution in [0.5, 0.6) is 0 Å². The predicted molar refractivity (Wildman–Crippen MR) is 94.8 cm³/mol. The van der Waals surface area contributed by atoms with Crippen LogP contribution in [-0.4, -0.2) is 39.0 Å². The number of H-pyrrole nitrogens is 1. The number of nitrogens with zero attached hydrogens (tertiary/aromatic N) is 3. The van der Waals surface area contributed by atoms with Crippen molar-refractivity contribution in [1.82, 2.24) is 15.2 Å². The van der Waals surface area contributed by atoms with Gasteiger partial charge in [-0.15, -0.1) is 0 Å². The van der Waals surface area contributed by atoms with Gasteiger partial charge >= 0.3 is 5.97 Å². The number of ether oxygens (including phenoxy) is 1. The summed E-state index contributed by atoms with van der Waals surface area (Å²) < 4.78 is 5.23. The highest BCUT2D eigenvalue weighted by atomic mass is 16.5. The number of carboxylic acid groups (broad SMARTS) is 1. The first kappa shape index (κ1) is 17.6. The van der Waals surface area contributed by atoms with Gasteiger partial charge in [-0.3, -0.25) is 5.10 Å². The summed E-state index contributed by atoms with van der Waals surface area (Å²) >= 11 is 0. The molecule has 2 aromatic rings. The number of hydrogen-bond acceptors (Lipinski definition) is 6. The second-order valence-corrected chi connectivity index (χ2v) is 6.20. The molecular weight excluding hydrogens is 334 g/mol. The number of nitriles is 1. The Morgan fingerprint density at radius 3 is 2.85 bits per heavy atom. The third-order valence-electron chi connectivity index (χ3n) is 4.55. The first-order valence-electron chi connectivity index (χ1n) is 8.15. The zero-order valence-electron chi connectivity index (χ0n) is 14.5. The van der Waals surface area contributed by atoms with Crippen molar-refractivity contribution in [1.29, 1.82) is 5.26 Å². The highest BCUT2D eigenvalue weighted by molar-refractivity contribution is 5.80. The molecule has 0 radical (unpaired) electrons. The lowest BCUT2D eigenvalue weighted by Gasteiger charge is -2.31. The van der Waals surface area contributed by atoms with E-state index in [-0.39, 0.29) is 6.42 Å². The zero-order valence-corrected chi connectivity index (χ0v) is 14.5. The van der Waals surface area contributed by atoms with Crippen molar-refractivity contribution in [3.05, 3.63) is 41.2 Å². The van der Waals surface area contributed by atoms with Crippen LogP contribution in [-0.2, 0) is 9.53 Å². The average molecular weight is 353 g/mol. The van der Waals surface area contributed by atoms with E-state index in [1.165, 1.54) is 7.11 Å². The van der Waals surface area contributed by atoms with Crippen molar-refractivity contribution in [3.63, 3.8) is 0 Å². The quantitative estimate of drug-likeness (QED) is 0.755. The molecule has 0 saturated carbocycles. The molecule has 0 fully saturated rings. The predicted octanol–water partition coefficient (Wildman–Crippen LogP) is 2.77. The molecule has 2 aromatic heterocycles. The fraction of sp³-hybridized carbons (Fsp3) is 0.333. The summed E-state index contributed by atoms with van der Waals surface area (Å²) in [5.41, 5.74) is 1.76. The Balaban J connectivity index is 1.89. The van der Waals surface area contributed by atoms with Crippen LogP contribution in [0, 0.1) is 18.3 Å². The van der Waals surface area contributed by atoms with Gasteiger partial charge in [0.15, 0.2) is 11.4 Å². The van der Waals surface area contributed by atoms with E-state index in [0.717, 1.165) is 11.3 Å². The third-order valence-corrected chi connectivity index (χ3v) is 4.55. The first-order chi connectivity index (χ1) is 12.5. The number of nitrogens with one attached hydrogen (secondary N) is 2. The Hall–Kier alpha value is -3.18. The lowest BCUT2D eigenvalue weighted by atomic mass is 9.84. The third kappa shape index (κ3) is 3.30. The monoisotopic (exact) mass is 353 g/mol. The van der Waals surface area contributed by atoms with Gasteiger partial charge in [-0.1, -0.05) is 6.08 Å². The van der Waals surface area contributed by atoms with Crippen molar-refractivity contribution in [2.45, 2.75) is 31.8 Å². The van der Waals surface area contributed by atoms with E-state index < -0.39 is 11.6 Å².